The number of aromatic carboxylic acids is 1. The summed E-state index contributed by atoms with van der Waals surface area (Å²) >= 11 is 0. The molecule has 1 aromatic rings. The highest BCUT2D eigenvalue weighted by atomic mass is 19.4. The lowest BCUT2D eigenvalue weighted by Gasteiger charge is -2.09. The minimum Gasteiger partial charge on any atom is -0.478 e. The first kappa shape index (κ1) is 14.0. The molecule has 9 heteroatoms. The maximum absolute atomic E-state index is 12.3. The van der Waals surface area contributed by atoms with E-state index in [0.717, 1.165) is 0 Å². The van der Waals surface area contributed by atoms with Gasteiger partial charge in [-0.2, -0.15) is 13.2 Å². The molecule has 4 nitrogen and oxygen atoms in total. The number of rotatable bonds is 3. The number of Topliss-reactive ketones (excluding diaryl/α,β-unsaturated/α-hetero) is 1. The van der Waals surface area contributed by atoms with Crippen LogP contribution in [0, 0.1) is 0 Å². The van der Waals surface area contributed by atoms with E-state index in [-0.39, 0.29) is 0 Å². The number of carboxylic acid groups (broad SMARTS) is 1. The molecule has 0 fully saturated rings. The van der Waals surface area contributed by atoms with Crippen molar-refractivity contribution >= 4 is 11.8 Å². The van der Waals surface area contributed by atoms with Crippen LogP contribution in [0.3, 0.4) is 0 Å². The number of ketones is 1. The number of carbonyl (C=O) groups excluding carboxylic acids is 1. The average molecular weight is 269 g/mol. The molecule has 18 heavy (non-hydrogen) atoms. The van der Waals surface area contributed by atoms with Gasteiger partial charge < -0.3 is 5.11 Å². The van der Waals surface area contributed by atoms with Gasteiger partial charge >= 0.3 is 18.6 Å². The highest BCUT2D eigenvalue weighted by Crippen LogP contribution is 2.28. The first-order valence-corrected chi connectivity index (χ1v) is 4.28. The van der Waals surface area contributed by atoms with Crippen molar-refractivity contribution < 1.29 is 36.6 Å². The van der Waals surface area contributed by atoms with Gasteiger partial charge in [-0.3, -0.25) is 4.79 Å². The second-order valence-electron chi connectivity index (χ2n) is 3.06. The van der Waals surface area contributed by atoms with Gasteiger partial charge in [-0.15, -0.1) is 0 Å². The van der Waals surface area contributed by atoms with Crippen molar-refractivity contribution in [3.05, 3.63) is 29.1 Å². The molecule has 98 valence electrons. The van der Waals surface area contributed by atoms with Gasteiger partial charge in [0.2, 0.25) is 5.78 Å². The van der Waals surface area contributed by atoms with Gasteiger partial charge in [0.1, 0.15) is 11.4 Å². The maximum atomic E-state index is 12.3. The zero-order valence-electron chi connectivity index (χ0n) is 8.33. The highest BCUT2D eigenvalue weighted by Gasteiger charge is 2.35. The van der Waals surface area contributed by atoms with Crippen LogP contribution in [0.4, 0.5) is 22.0 Å². The van der Waals surface area contributed by atoms with Gasteiger partial charge in [-0.25, -0.2) is 18.6 Å². The lowest BCUT2D eigenvalue weighted by atomic mass is 10.1. The van der Waals surface area contributed by atoms with Crippen LogP contribution in [0.2, 0.25) is 0 Å². The van der Waals surface area contributed by atoms with Crippen molar-refractivity contribution in [3.63, 3.8) is 0 Å². The molecule has 0 aliphatic heterocycles. The normalized spacial score (nSPS) is 11.7. The summed E-state index contributed by atoms with van der Waals surface area (Å²) in [7, 11) is 0. The first-order valence-electron chi connectivity index (χ1n) is 4.28. The van der Waals surface area contributed by atoms with E-state index in [2.05, 4.69) is 4.98 Å². The van der Waals surface area contributed by atoms with Crippen molar-refractivity contribution in [2.24, 2.45) is 0 Å². The zero-order valence-corrected chi connectivity index (χ0v) is 8.33. The third-order valence-corrected chi connectivity index (χ3v) is 1.85. The van der Waals surface area contributed by atoms with Crippen LogP contribution in [-0.4, -0.2) is 28.3 Å². The molecule has 1 N–H and O–H groups in total. The summed E-state index contributed by atoms with van der Waals surface area (Å²) in [4.78, 5) is 24.1. The van der Waals surface area contributed by atoms with Crippen molar-refractivity contribution in [2.45, 2.75) is 12.6 Å². The van der Waals surface area contributed by atoms with Gasteiger partial charge in [-0.05, 0) is 12.1 Å². The summed E-state index contributed by atoms with van der Waals surface area (Å²) in [6, 6.07) is 0.708. The summed E-state index contributed by atoms with van der Waals surface area (Å²) in [6.45, 7) is 0. The number of halogens is 5. The number of pyridine rings is 1. The van der Waals surface area contributed by atoms with Gasteiger partial charge in [0, 0.05) is 0 Å². The molecule has 0 saturated heterocycles. The minimum atomic E-state index is -4.96. The van der Waals surface area contributed by atoms with Crippen LogP contribution < -0.4 is 0 Å². The van der Waals surface area contributed by atoms with E-state index in [0.29, 0.717) is 12.1 Å². The van der Waals surface area contributed by atoms with E-state index in [4.69, 9.17) is 5.11 Å². The lowest BCUT2D eigenvalue weighted by molar-refractivity contribution is -0.141. The van der Waals surface area contributed by atoms with Gasteiger partial charge in [0.15, 0.2) is 0 Å². The lowest BCUT2D eigenvalue weighted by Crippen LogP contribution is -2.20. The summed E-state index contributed by atoms with van der Waals surface area (Å²) in [5.41, 5.74) is -4.03. The van der Waals surface area contributed by atoms with Crippen LogP contribution >= 0.6 is 0 Å². The Balaban J connectivity index is 3.43. The monoisotopic (exact) mass is 269 g/mol. The number of alkyl halides is 5. The smallest absolute Gasteiger partial charge is 0.433 e. The fourth-order valence-electron chi connectivity index (χ4n) is 1.08. The molecular formula is C9H4F5NO3. The standard InChI is InChI=1S/C9H4F5NO3/c10-7(11)6(16)5-3(8(17)18)1-2-4(15-5)9(12,13)14/h1-2,7H,(H,17,18). The molecule has 0 bridgehead atoms. The molecule has 0 radical (unpaired) electrons. The Kier molecular flexibility index (Phi) is 3.63. The molecule has 0 saturated carbocycles. The summed E-state index contributed by atoms with van der Waals surface area (Å²) < 4.78 is 61.0. The number of nitrogens with zero attached hydrogens (tertiary/aromatic N) is 1. The van der Waals surface area contributed by atoms with Crippen molar-refractivity contribution in [1.29, 1.82) is 0 Å². The van der Waals surface area contributed by atoms with E-state index in [9.17, 15) is 31.5 Å². The Hall–Kier alpha value is -2.06. The molecular weight excluding hydrogens is 265 g/mol. The third-order valence-electron chi connectivity index (χ3n) is 1.85. The predicted molar refractivity (Wildman–Crippen MR) is 46.5 cm³/mol. The summed E-state index contributed by atoms with van der Waals surface area (Å²) in [6.07, 6.45) is -8.60. The molecule has 1 rings (SSSR count). The minimum absolute atomic E-state index is 0.297. The summed E-state index contributed by atoms with van der Waals surface area (Å²) in [5, 5.41) is 8.57. The molecule has 1 aromatic heterocycles. The number of aromatic nitrogens is 1. The average Bonchev–Trinajstić information content (AvgIpc) is 2.25. The van der Waals surface area contributed by atoms with Crippen LogP contribution in [0.5, 0.6) is 0 Å². The first-order chi connectivity index (χ1) is 8.14. The number of carboxylic acids is 1. The largest absolute Gasteiger partial charge is 0.478 e. The molecule has 0 atom stereocenters. The van der Waals surface area contributed by atoms with Gasteiger partial charge in [-0.1, -0.05) is 0 Å². The fraction of sp³-hybridized carbons (Fsp3) is 0.222. The number of hydrogen-bond donors (Lipinski definition) is 1. The van der Waals surface area contributed by atoms with E-state index in [1.165, 1.54) is 0 Å². The van der Waals surface area contributed by atoms with E-state index >= 15 is 0 Å². The van der Waals surface area contributed by atoms with Crippen molar-refractivity contribution in [3.8, 4) is 0 Å². The van der Waals surface area contributed by atoms with E-state index in [1.807, 2.05) is 0 Å². The fourth-order valence-corrected chi connectivity index (χ4v) is 1.08. The molecule has 0 aromatic carbocycles. The van der Waals surface area contributed by atoms with E-state index < -0.39 is 41.3 Å². The van der Waals surface area contributed by atoms with Gasteiger partial charge in [0.05, 0.1) is 5.56 Å². The molecule has 0 unspecified atom stereocenters. The van der Waals surface area contributed by atoms with Crippen molar-refractivity contribution in [2.75, 3.05) is 0 Å². The van der Waals surface area contributed by atoms with Crippen LogP contribution in [0.15, 0.2) is 12.1 Å². The second-order valence-corrected chi connectivity index (χ2v) is 3.06. The SMILES string of the molecule is O=C(O)c1ccc(C(F)(F)F)nc1C(=O)C(F)F. The summed E-state index contributed by atoms with van der Waals surface area (Å²) in [5.74, 6) is -3.89. The predicted octanol–water partition coefficient (Wildman–Crippen LogP) is 2.25. The third kappa shape index (κ3) is 2.79. The molecule has 1 heterocycles. The quantitative estimate of drug-likeness (QED) is 0.675. The number of carbonyl (C=O) groups is 2. The second kappa shape index (κ2) is 4.67. The van der Waals surface area contributed by atoms with Gasteiger partial charge in [0.25, 0.3) is 0 Å². The molecule has 0 spiro atoms. The van der Waals surface area contributed by atoms with Crippen LogP contribution in [0.1, 0.15) is 26.5 Å². The maximum Gasteiger partial charge on any atom is 0.433 e. The Morgan fingerprint density at radius 3 is 2.17 bits per heavy atom. The Morgan fingerprint density at radius 2 is 1.78 bits per heavy atom. The number of hydrogen-bond acceptors (Lipinski definition) is 3. The molecule has 0 aliphatic rings. The van der Waals surface area contributed by atoms with E-state index in [1.54, 1.807) is 0 Å². The van der Waals surface area contributed by atoms with Crippen LogP contribution in [-0.2, 0) is 6.18 Å². The topological polar surface area (TPSA) is 67.3 Å². The zero-order chi connectivity index (χ0) is 14.1. The Morgan fingerprint density at radius 1 is 1.22 bits per heavy atom. The Bertz CT molecular complexity index is 497. The molecule has 0 aliphatic carbocycles. The highest BCUT2D eigenvalue weighted by molar-refractivity contribution is 6.05. The Labute approximate surface area is 96.1 Å². The van der Waals surface area contributed by atoms with Crippen molar-refractivity contribution in [1.82, 2.24) is 4.98 Å². The van der Waals surface area contributed by atoms with Crippen LogP contribution in [0.25, 0.3) is 0 Å². The molecule has 0 amide bonds.